The van der Waals surface area contributed by atoms with E-state index in [-0.39, 0.29) is 6.04 Å². The van der Waals surface area contributed by atoms with E-state index in [4.69, 9.17) is 10.5 Å². The minimum Gasteiger partial charge on any atom is -0.378 e. The van der Waals surface area contributed by atoms with Crippen LogP contribution in [-0.4, -0.2) is 28.5 Å². The fraction of sp³-hybridized carbons (Fsp3) is 0.750. The maximum absolute atomic E-state index is 6.22. The highest BCUT2D eigenvalue weighted by Gasteiger charge is 2.29. The Morgan fingerprint density at radius 2 is 2.50 bits per heavy atom. The summed E-state index contributed by atoms with van der Waals surface area (Å²) in [5.74, 6) is 0.525. The minimum atomic E-state index is 0.248. The van der Waals surface area contributed by atoms with Gasteiger partial charge in [0.25, 0.3) is 0 Å². The second-order valence-electron chi connectivity index (χ2n) is 4.75. The fourth-order valence-corrected chi connectivity index (χ4v) is 2.46. The molecule has 0 aliphatic carbocycles. The average Bonchev–Trinajstić information content (AvgIpc) is 2.84. The van der Waals surface area contributed by atoms with E-state index in [2.05, 4.69) is 18.2 Å². The van der Waals surface area contributed by atoms with Gasteiger partial charge in [0, 0.05) is 31.8 Å². The second kappa shape index (κ2) is 4.97. The molecule has 1 aliphatic heterocycles. The van der Waals surface area contributed by atoms with Gasteiger partial charge in [0.1, 0.15) is 0 Å². The maximum atomic E-state index is 6.22. The summed E-state index contributed by atoms with van der Waals surface area (Å²) in [5.41, 5.74) is 7.48. The van der Waals surface area contributed by atoms with Gasteiger partial charge in [0.05, 0.1) is 12.3 Å². The lowest BCUT2D eigenvalue weighted by Crippen LogP contribution is -2.34. The van der Waals surface area contributed by atoms with Gasteiger partial charge >= 0.3 is 0 Å². The standard InChI is InChI=1S/C12H21N3O/c1-9-11(5-6-16-9)12(13)4-3-10-7-14-15(2)8-10/h7-9,11-12H,3-6,13H2,1-2H3. The molecule has 2 N–H and O–H groups in total. The van der Waals surface area contributed by atoms with Crippen molar-refractivity contribution in [1.82, 2.24) is 9.78 Å². The topological polar surface area (TPSA) is 53.1 Å². The Bertz CT molecular complexity index is 337. The maximum Gasteiger partial charge on any atom is 0.0590 e. The molecular formula is C12H21N3O. The molecule has 90 valence electrons. The van der Waals surface area contributed by atoms with E-state index < -0.39 is 0 Å². The molecule has 3 unspecified atom stereocenters. The summed E-state index contributed by atoms with van der Waals surface area (Å²) in [4.78, 5) is 0. The van der Waals surface area contributed by atoms with Gasteiger partial charge in [-0.1, -0.05) is 0 Å². The van der Waals surface area contributed by atoms with Crippen molar-refractivity contribution in [2.45, 2.75) is 38.3 Å². The number of aryl methyl sites for hydroxylation is 2. The number of ether oxygens (including phenoxy) is 1. The number of hydrogen-bond donors (Lipinski definition) is 1. The van der Waals surface area contributed by atoms with Crippen molar-refractivity contribution in [3.05, 3.63) is 18.0 Å². The Balaban J connectivity index is 1.81. The molecule has 4 nitrogen and oxygen atoms in total. The monoisotopic (exact) mass is 223 g/mol. The van der Waals surface area contributed by atoms with Crippen LogP contribution in [0.3, 0.4) is 0 Å². The number of rotatable bonds is 4. The predicted molar refractivity (Wildman–Crippen MR) is 63.0 cm³/mol. The first-order valence-corrected chi connectivity index (χ1v) is 6.01. The van der Waals surface area contributed by atoms with E-state index >= 15 is 0 Å². The van der Waals surface area contributed by atoms with E-state index in [1.165, 1.54) is 5.56 Å². The Morgan fingerprint density at radius 1 is 1.69 bits per heavy atom. The first-order valence-electron chi connectivity index (χ1n) is 6.01. The summed E-state index contributed by atoms with van der Waals surface area (Å²) in [7, 11) is 1.94. The van der Waals surface area contributed by atoms with Crippen LogP contribution in [0.2, 0.25) is 0 Å². The Labute approximate surface area is 96.8 Å². The van der Waals surface area contributed by atoms with Gasteiger partial charge in [-0.2, -0.15) is 5.10 Å². The van der Waals surface area contributed by atoms with Gasteiger partial charge in [-0.05, 0) is 31.7 Å². The molecule has 1 aliphatic rings. The van der Waals surface area contributed by atoms with Crippen LogP contribution in [0.25, 0.3) is 0 Å². The molecule has 0 amide bonds. The highest BCUT2D eigenvalue weighted by molar-refractivity contribution is 5.04. The van der Waals surface area contributed by atoms with Gasteiger partial charge in [-0.15, -0.1) is 0 Å². The molecule has 2 rings (SSSR count). The number of nitrogens with two attached hydrogens (primary N) is 1. The molecule has 1 fully saturated rings. The molecule has 4 heteroatoms. The lowest BCUT2D eigenvalue weighted by Gasteiger charge is -2.21. The van der Waals surface area contributed by atoms with Crippen molar-refractivity contribution in [3.63, 3.8) is 0 Å². The Hall–Kier alpha value is -0.870. The molecule has 2 heterocycles. The summed E-state index contributed by atoms with van der Waals surface area (Å²) in [6, 6.07) is 0.248. The smallest absolute Gasteiger partial charge is 0.0590 e. The molecule has 0 saturated carbocycles. The SMILES string of the molecule is CC1OCCC1C(N)CCc1cnn(C)c1. The molecule has 0 aromatic carbocycles. The Kier molecular flexibility index (Phi) is 3.61. The molecule has 1 aromatic heterocycles. The first kappa shape index (κ1) is 11.6. The Morgan fingerprint density at radius 3 is 3.06 bits per heavy atom. The normalized spacial score (nSPS) is 27.2. The lowest BCUT2D eigenvalue weighted by atomic mass is 9.90. The molecular weight excluding hydrogens is 202 g/mol. The first-order chi connectivity index (χ1) is 7.66. The van der Waals surface area contributed by atoms with Crippen molar-refractivity contribution in [2.24, 2.45) is 18.7 Å². The highest BCUT2D eigenvalue weighted by atomic mass is 16.5. The van der Waals surface area contributed by atoms with Gasteiger partial charge in [-0.25, -0.2) is 0 Å². The van der Waals surface area contributed by atoms with Crippen LogP contribution in [0.1, 0.15) is 25.3 Å². The van der Waals surface area contributed by atoms with E-state index in [1.807, 2.05) is 17.9 Å². The van der Waals surface area contributed by atoms with Crippen LogP contribution in [0, 0.1) is 5.92 Å². The molecule has 3 atom stereocenters. The van der Waals surface area contributed by atoms with Crippen molar-refractivity contribution >= 4 is 0 Å². The van der Waals surface area contributed by atoms with Gasteiger partial charge in [0.15, 0.2) is 0 Å². The van der Waals surface area contributed by atoms with Crippen LogP contribution < -0.4 is 5.73 Å². The minimum absolute atomic E-state index is 0.248. The third-order valence-corrected chi connectivity index (χ3v) is 3.51. The summed E-state index contributed by atoms with van der Waals surface area (Å²) < 4.78 is 7.38. The van der Waals surface area contributed by atoms with Crippen LogP contribution in [0.4, 0.5) is 0 Å². The number of nitrogens with zero attached hydrogens (tertiary/aromatic N) is 2. The third-order valence-electron chi connectivity index (χ3n) is 3.51. The average molecular weight is 223 g/mol. The van der Waals surface area contributed by atoms with Gasteiger partial charge < -0.3 is 10.5 Å². The number of hydrogen-bond acceptors (Lipinski definition) is 3. The van der Waals surface area contributed by atoms with Crippen molar-refractivity contribution in [3.8, 4) is 0 Å². The molecule has 1 saturated heterocycles. The third kappa shape index (κ3) is 2.62. The summed E-state index contributed by atoms with van der Waals surface area (Å²) in [6.45, 7) is 2.99. The van der Waals surface area contributed by atoms with Crippen molar-refractivity contribution < 1.29 is 4.74 Å². The van der Waals surface area contributed by atoms with Crippen LogP contribution in [0.5, 0.6) is 0 Å². The molecule has 0 spiro atoms. The highest BCUT2D eigenvalue weighted by Crippen LogP contribution is 2.24. The van der Waals surface area contributed by atoms with E-state index in [0.717, 1.165) is 25.9 Å². The van der Waals surface area contributed by atoms with E-state index in [1.54, 1.807) is 0 Å². The quantitative estimate of drug-likeness (QED) is 0.831. The fourth-order valence-electron chi connectivity index (χ4n) is 2.46. The largest absolute Gasteiger partial charge is 0.378 e. The van der Waals surface area contributed by atoms with Crippen LogP contribution >= 0.6 is 0 Å². The van der Waals surface area contributed by atoms with Crippen LogP contribution in [0.15, 0.2) is 12.4 Å². The molecule has 0 bridgehead atoms. The zero-order valence-corrected chi connectivity index (χ0v) is 10.1. The van der Waals surface area contributed by atoms with E-state index in [9.17, 15) is 0 Å². The lowest BCUT2D eigenvalue weighted by molar-refractivity contribution is 0.0987. The van der Waals surface area contributed by atoms with Crippen LogP contribution in [-0.2, 0) is 18.2 Å². The summed E-state index contributed by atoms with van der Waals surface area (Å²) in [5, 5.41) is 4.16. The molecule has 16 heavy (non-hydrogen) atoms. The van der Waals surface area contributed by atoms with Gasteiger partial charge in [0.2, 0.25) is 0 Å². The van der Waals surface area contributed by atoms with E-state index in [0.29, 0.717) is 12.0 Å². The van der Waals surface area contributed by atoms with Gasteiger partial charge in [-0.3, -0.25) is 4.68 Å². The zero-order chi connectivity index (χ0) is 11.5. The van der Waals surface area contributed by atoms with Crippen molar-refractivity contribution in [2.75, 3.05) is 6.61 Å². The van der Waals surface area contributed by atoms with Crippen molar-refractivity contribution in [1.29, 1.82) is 0 Å². The molecule has 1 aromatic rings. The summed E-state index contributed by atoms with van der Waals surface area (Å²) in [6.07, 6.45) is 7.43. The predicted octanol–water partition coefficient (Wildman–Crippen LogP) is 1.10. The zero-order valence-electron chi connectivity index (χ0n) is 10.1. The number of aromatic nitrogens is 2. The second-order valence-corrected chi connectivity index (χ2v) is 4.75. The summed E-state index contributed by atoms with van der Waals surface area (Å²) >= 11 is 0. The molecule has 0 radical (unpaired) electrons.